The average molecular weight is 311 g/mol. The van der Waals surface area contributed by atoms with Crippen LogP contribution < -0.4 is 11.1 Å². The molecule has 3 N–H and O–H groups in total. The minimum absolute atomic E-state index is 0.199. The van der Waals surface area contributed by atoms with E-state index in [4.69, 9.17) is 17.3 Å². The Balaban J connectivity index is 1.99. The van der Waals surface area contributed by atoms with Crippen molar-refractivity contribution in [3.8, 4) is 0 Å². The van der Waals surface area contributed by atoms with Crippen LogP contribution in [0.4, 0.5) is 14.5 Å². The Morgan fingerprint density at radius 1 is 1.19 bits per heavy atom. The van der Waals surface area contributed by atoms with E-state index in [-0.39, 0.29) is 22.8 Å². The predicted octanol–water partition coefficient (Wildman–Crippen LogP) is 3.17. The van der Waals surface area contributed by atoms with Crippen molar-refractivity contribution in [3.05, 3.63) is 64.2 Å². The molecule has 21 heavy (non-hydrogen) atoms. The summed E-state index contributed by atoms with van der Waals surface area (Å²) in [5.74, 6) is -1.71. The maximum absolute atomic E-state index is 13.0. The highest BCUT2D eigenvalue weighted by atomic mass is 35.5. The minimum atomic E-state index is -0.647. The summed E-state index contributed by atoms with van der Waals surface area (Å²) in [7, 11) is 0. The molecule has 0 unspecified atom stereocenters. The number of hydrogen-bond donors (Lipinski definition) is 2. The zero-order valence-electron chi connectivity index (χ0n) is 11.0. The van der Waals surface area contributed by atoms with Crippen LogP contribution in [0.2, 0.25) is 5.02 Å². The Bertz CT molecular complexity index is 636. The number of carbonyl (C=O) groups is 1. The van der Waals surface area contributed by atoms with Gasteiger partial charge in [-0.05, 0) is 36.2 Å². The summed E-state index contributed by atoms with van der Waals surface area (Å²) >= 11 is 5.92. The van der Waals surface area contributed by atoms with Gasteiger partial charge in [0.15, 0.2) is 0 Å². The van der Waals surface area contributed by atoms with Crippen LogP contribution in [-0.4, -0.2) is 12.5 Å². The van der Waals surface area contributed by atoms with Crippen molar-refractivity contribution in [2.24, 2.45) is 0 Å². The van der Waals surface area contributed by atoms with E-state index < -0.39 is 17.5 Å². The smallest absolute Gasteiger partial charge is 0.254 e. The molecule has 0 spiro atoms. The molecule has 0 aromatic heterocycles. The third-order valence-electron chi connectivity index (χ3n) is 2.89. The first-order chi connectivity index (χ1) is 9.97. The van der Waals surface area contributed by atoms with Gasteiger partial charge in [-0.2, -0.15) is 0 Å². The quantitative estimate of drug-likeness (QED) is 0.852. The van der Waals surface area contributed by atoms with Crippen LogP contribution in [-0.2, 0) is 6.42 Å². The van der Waals surface area contributed by atoms with Gasteiger partial charge < -0.3 is 11.1 Å². The fourth-order valence-corrected chi connectivity index (χ4v) is 2.21. The molecular formula is C15H13ClF2N2O. The van der Waals surface area contributed by atoms with E-state index in [0.29, 0.717) is 12.0 Å². The predicted molar refractivity (Wildman–Crippen MR) is 78.3 cm³/mol. The second-order valence-corrected chi connectivity index (χ2v) is 4.89. The van der Waals surface area contributed by atoms with Gasteiger partial charge in [0.25, 0.3) is 5.91 Å². The topological polar surface area (TPSA) is 55.1 Å². The van der Waals surface area contributed by atoms with Gasteiger partial charge >= 0.3 is 0 Å². The van der Waals surface area contributed by atoms with Crippen LogP contribution in [0.1, 0.15) is 15.9 Å². The highest BCUT2D eigenvalue weighted by Gasteiger charge is 2.13. The number of hydrogen-bond acceptors (Lipinski definition) is 2. The monoisotopic (exact) mass is 310 g/mol. The summed E-state index contributed by atoms with van der Waals surface area (Å²) in [6, 6.07) is 8.02. The Labute approximate surface area is 125 Å². The van der Waals surface area contributed by atoms with E-state index in [1.165, 1.54) is 12.1 Å². The van der Waals surface area contributed by atoms with E-state index >= 15 is 0 Å². The third kappa shape index (κ3) is 3.92. The number of amides is 1. The lowest BCUT2D eigenvalue weighted by Gasteiger charge is -2.09. The van der Waals surface area contributed by atoms with Gasteiger partial charge in [-0.3, -0.25) is 4.79 Å². The zero-order valence-corrected chi connectivity index (χ0v) is 11.8. The Kier molecular flexibility index (Phi) is 4.75. The lowest BCUT2D eigenvalue weighted by Crippen LogP contribution is -2.26. The number of rotatable bonds is 4. The molecule has 0 heterocycles. The van der Waals surface area contributed by atoms with Gasteiger partial charge in [-0.1, -0.05) is 17.7 Å². The molecule has 0 aliphatic carbocycles. The molecular weight excluding hydrogens is 298 g/mol. The molecule has 2 aromatic carbocycles. The lowest BCUT2D eigenvalue weighted by atomic mass is 10.1. The first kappa shape index (κ1) is 15.3. The van der Waals surface area contributed by atoms with E-state index in [9.17, 15) is 13.6 Å². The van der Waals surface area contributed by atoms with Crippen molar-refractivity contribution < 1.29 is 13.6 Å². The molecule has 0 fully saturated rings. The fraction of sp³-hybridized carbons (Fsp3) is 0.133. The number of carbonyl (C=O) groups excluding carboxylic acids is 1. The van der Waals surface area contributed by atoms with Crippen LogP contribution in [0.5, 0.6) is 0 Å². The second kappa shape index (κ2) is 6.54. The fourth-order valence-electron chi connectivity index (χ4n) is 1.94. The standard InChI is InChI=1S/C15H13ClF2N2O/c16-12-2-1-3-13(19)14(12)15(21)20-5-4-9-6-10(17)8-11(18)7-9/h1-3,6-8H,4-5,19H2,(H,20,21). The van der Waals surface area contributed by atoms with E-state index in [2.05, 4.69) is 5.32 Å². The molecule has 1 amide bonds. The molecule has 2 rings (SSSR count). The minimum Gasteiger partial charge on any atom is -0.398 e. The second-order valence-electron chi connectivity index (χ2n) is 4.49. The first-order valence-corrected chi connectivity index (χ1v) is 6.62. The molecule has 110 valence electrons. The van der Waals surface area contributed by atoms with Gasteiger partial charge in [-0.15, -0.1) is 0 Å². The van der Waals surface area contributed by atoms with Gasteiger partial charge in [0.2, 0.25) is 0 Å². The van der Waals surface area contributed by atoms with Crippen molar-refractivity contribution in [1.82, 2.24) is 5.32 Å². The number of nitrogens with two attached hydrogens (primary N) is 1. The molecule has 0 bridgehead atoms. The highest BCUT2D eigenvalue weighted by Crippen LogP contribution is 2.21. The number of nitrogen functional groups attached to an aromatic ring is 1. The van der Waals surface area contributed by atoms with Gasteiger partial charge in [0.05, 0.1) is 10.6 Å². The summed E-state index contributed by atoms with van der Waals surface area (Å²) < 4.78 is 26.0. The molecule has 0 aliphatic heterocycles. The molecule has 0 atom stereocenters. The molecule has 0 saturated heterocycles. The van der Waals surface area contributed by atoms with Crippen LogP contribution in [0.15, 0.2) is 36.4 Å². The van der Waals surface area contributed by atoms with Crippen molar-refractivity contribution in [3.63, 3.8) is 0 Å². The largest absolute Gasteiger partial charge is 0.398 e. The van der Waals surface area contributed by atoms with Crippen molar-refractivity contribution in [2.45, 2.75) is 6.42 Å². The van der Waals surface area contributed by atoms with Crippen molar-refractivity contribution in [1.29, 1.82) is 0 Å². The molecule has 0 radical (unpaired) electrons. The van der Waals surface area contributed by atoms with Crippen LogP contribution >= 0.6 is 11.6 Å². The third-order valence-corrected chi connectivity index (χ3v) is 3.21. The normalized spacial score (nSPS) is 10.4. The maximum Gasteiger partial charge on any atom is 0.254 e. The van der Waals surface area contributed by atoms with Crippen molar-refractivity contribution >= 4 is 23.2 Å². The van der Waals surface area contributed by atoms with Crippen molar-refractivity contribution in [2.75, 3.05) is 12.3 Å². The summed E-state index contributed by atoms with van der Waals surface area (Å²) in [4.78, 5) is 12.0. The number of benzene rings is 2. The molecule has 2 aromatic rings. The highest BCUT2D eigenvalue weighted by molar-refractivity contribution is 6.34. The molecule has 6 heteroatoms. The summed E-state index contributed by atoms with van der Waals surface area (Å²) in [6.45, 7) is 0.215. The molecule has 0 saturated carbocycles. The summed E-state index contributed by atoms with van der Waals surface area (Å²) in [5.41, 5.74) is 6.63. The van der Waals surface area contributed by atoms with Gasteiger partial charge in [-0.25, -0.2) is 8.78 Å². The van der Waals surface area contributed by atoms with Gasteiger partial charge in [0.1, 0.15) is 11.6 Å². The maximum atomic E-state index is 13.0. The number of halogens is 3. The van der Waals surface area contributed by atoms with Crippen LogP contribution in [0.3, 0.4) is 0 Å². The number of anilines is 1. The lowest BCUT2D eigenvalue weighted by molar-refractivity contribution is 0.0955. The molecule has 3 nitrogen and oxygen atoms in total. The Morgan fingerprint density at radius 2 is 1.86 bits per heavy atom. The average Bonchev–Trinajstić information content (AvgIpc) is 2.37. The number of nitrogens with one attached hydrogen (secondary N) is 1. The summed E-state index contributed by atoms with van der Waals surface area (Å²) in [5, 5.41) is 2.87. The Hall–Kier alpha value is -2.14. The Morgan fingerprint density at radius 3 is 2.48 bits per heavy atom. The SMILES string of the molecule is Nc1cccc(Cl)c1C(=O)NCCc1cc(F)cc(F)c1. The molecule has 0 aliphatic rings. The van der Waals surface area contributed by atoms with E-state index in [0.717, 1.165) is 6.07 Å². The summed E-state index contributed by atoms with van der Waals surface area (Å²) in [6.07, 6.45) is 0.296. The zero-order chi connectivity index (χ0) is 15.4. The van der Waals surface area contributed by atoms with Crippen LogP contribution in [0, 0.1) is 11.6 Å². The first-order valence-electron chi connectivity index (χ1n) is 6.24. The van der Waals surface area contributed by atoms with Gasteiger partial charge in [0, 0.05) is 18.3 Å². The van der Waals surface area contributed by atoms with E-state index in [1.807, 2.05) is 0 Å². The van der Waals surface area contributed by atoms with E-state index in [1.54, 1.807) is 18.2 Å². The van der Waals surface area contributed by atoms with Crippen LogP contribution in [0.25, 0.3) is 0 Å².